The van der Waals surface area contributed by atoms with Crippen molar-refractivity contribution in [3.8, 4) is 17.0 Å². The van der Waals surface area contributed by atoms with Crippen LogP contribution in [0, 0.1) is 0 Å². The van der Waals surface area contributed by atoms with Crippen LogP contribution in [0.15, 0.2) is 29.0 Å². The molecule has 1 heterocycles. The number of nitrogens with zero attached hydrogens (tertiary/aromatic N) is 1. The predicted molar refractivity (Wildman–Crippen MR) is 66.2 cm³/mol. The zero-order valence-electron chi connectivity index (χ0n) is 8.83. The van der Waals surface area contributed by atoms with E-state index in [0.29, 0.717) is 6.54 Å². The van der Waals surface area contributed by atoms with Crippen LogP contribution in [0.25, 0.3) is 11.3 Å². The Balaban J connectivity index is 2.58. The number of benzene rings is 1. The second-order valence-corrected chi connectivity index (χ2v) is 4.19. The van der Waals surface area contributed by atoms with Gasteiger partial charge in [-0.3, -0.25) is 0 Å². The van der Waals surface area contributed by atoms with Gasteiger partial charge in [0.25, 0.3) is 0 Å². The van der Waals surface area contributed by atoms with Crippen LogP contribution in [0.5, 0.6) is 5.75 Å². The lowest BCUT2D eigenvalue weighted by Crippen LogP contribution is -1.99. The van der Waals surface area contributed by atoms with E-state index in [-0.39, 0.29) is 0 Å². The number of nitrogens with one attached hydrogen (secondary N) is 1. The summed E-state index contributed by atoms with van der Waals surface area (Å²) in [7, 11) is 1.64. The molecule has 1 aromatic carbocycles. The highest BCUT2D eigenvalue weighted by molar-refractivity contribution is 9.10. The van der Waals surface area contributed by atoms with E-state index in [9.17, 15) is 0 Å². The number of halogens is 1. The zero-order valence-corrected chi connectivity index (χ0v) is 10.4. The fourth-order valence-electron chi connectivity index (χ4n) is 1.57. The van der Waals surface area contributed by atoms with Gasteiger partial charge in [0.05, 0.1) is 24.8 Å². The van der Waals surface area contributed by atoms with Gasteiger partial charge in [-0.05, 0) is 18.2 Å². The van der Waals surface area contributed by atoms with E-state index in [1.807, 2.05) is 18.2 Å². The molecule has 1 aromatic heterocycles. The number of hydrogen-bond donors (Lipinski definition) is 2. The summed E-state index contributed by atoms with van der Waals surface area (Å²) in [6.45, 7) is 0.422. The molecule has 0 aliphatic heterocycles. The van der Waals surface area contributed by atoms with Gasteiger partial charge in [0.1, 0.15) is 5.75 Å². The zero-order chi connectivity index (χ0) is 11.5. The molecular formula is C11H12BrN3O. The second-order valence-electron chi connectivity index (χ2n) is 3.28. The Kier molecular flexibility index (Phi) is 3.26. The maximum atomic E-state index is 5.64. The van der Waals surface area contributed by atoms with Crippen molar-refractivity contribution in [2.24, 2.45) is 5.73 Å². The summed E-state index contributed by atoms with van der Waals surface area (Å²) in [4.78, 5) is 7.29. The van der Waals surface area contributed by atoms with Gasteiger partial charge in [-0.2, -0.15) is 0 Å². The van der Waals surface area contributed by atoms with Crippen molar-refractivity contribution in [2.45, 2.75) is 6.54 Å². The molecule has 0 amide bonds. The van der Waals surface area contributed by atoms with Crippen molar-refractivity contribution >= 4 is 15.9 Å². The van der Waals surface area contributed by atoms with Crippen molar-refractivity contribution in [2.75, 3.05) is 7.11 Å². The SMILES string of the molecule is COc1ccc(Br)cc1-c1nc[nH]c1CN. The molecule has 2 rings (SSSR count). The average Bonchev–Trinajstić information content (AvgIpc) is 2.76. The second kappa shape index (κ2) is 4.67. The molecular weight excluding hydrogens is 270 g/mol. The lowest BCUT2D eigenvalue weighted by atomic mass is 10.1. The van der Waals surface area contributed by atoms with Crippen molar-refractivity contribution in [3.63, 3.8) is 0 Å². The van der Waals surface area contributed by atoms with Crippen molar-refractivity contribution < 1.29 is 4.74 Å². The molecule has 0 fully saturated rings. The number of rotatable bonds is 3. The normalized spacial score (nSPS) is 10.4. The number of H-pyrrole nitrogens is 1. The van der Waals surface area contributed by atoms with E-state index in [1.54, 1.807) is 13.4 Å². The van der Waals surface area contributed by atoms with E-state index >= 15 is 0 Å². The molecule has 84 valence electrons. The van der Waals surface area contributed by atoms with E-state index in [4.69, 9.17) is 10.5 Å². The lowest BCUT2D eigenvalue weighted by Gasteiger charge is -2.08. The topological polar surface area (TPSA) is 63.9 Å². The summed E-state index contributed by atoms with van der Waals surface area (Å²) >= 11 is 3.43. The smallest absolute Gasteiger partial charge is 0.128 e. The predicted octanol–water partition coefficient (Wildman–Crippen LogP) is 2.31. The first-order valence-electron chi connectivity index (χ1n) is 4.82. The number of aromatic amines is 1. The standard InChI is InChI=1S/C11H12BrN3O/c1-16-10-3-2-7(12)4-8(10)11-9(5-13)14-6-15-11/h2-4,6H,5,13H2,1H3,(H,14,15). The van der Waals surface area contributed by atoms with Crippen molar-refractivity contribution in [1.29, 1.82) is 0 Å². The van der Waals surface area contributed by atoms with Gasteiger partial charge in [0.2, 0.25) is 0 Å². The number of aromatic nitrogens is 2. The summed E-state index contributed by atoms with van der Waals surface area (Å²) in [5.41, 5.74) is 8.30. The quantitative estimate of drug-likeness (QED) is 0.908. The van der Waals surface area contributed by atoms with Crippen LogP contribution in [0.2, 0.25) is 0 Å². The molecule has 16 heavy (non-hydrogen) atoms. The summed E-state index contributed by atoms with van der Waals surface area (Å²) in [6, 6.07) is 5.79. The molecule has 0 bridgehead atoms. The molecule has 0 radical (unpaired) electrons. The van der Waals surface area contributed by atoms with E-state index in [2.05, 4.69) is 25.9 Å². The van der Waals surface area contributed by atoms with Gasteiger partial charge in [-0.25, -0.2) is 4.98 Å². The molecule has 0 atom stereocenters. The molecule has 5 heteroatoms. The third kappa shape index (κ3) is 1.96. The highest BCUT2D eigenvalue weighted by Crippen LogP contribution is 2.32. The molecule has 0 aliphatic carbocycles. The first kappa shape index (κ1) is 11.2. The highest BCUT2D eigenvalue weighted by Gasteiger charge is 2.12. The number of nitrogens with two attached hydrogens (primary N) is 1. The number of imidazole rings is 1. The van der Waals surface area contributed by atoms with Gasteiger partial charge >= 0.3 is 0 Å². The number of ether oxygens (including phenoxy) is 1. The minimum absolute atomic E-state index is 0.422. The van der Waals surface area contributed by atoms with Crippen LogP contribution >= 0.6 is 15.9 Å². The average molecular weight is 282 g/mol. The van der Waals surface area contributed by atoms with Crippen molar-refractivity contribution in [3.05, 3.63) is 34.7 Å². The lowest BCUT2D eigenvalue weighted by molar-refractivity contribution is 0.416. The minimum atomic E-state index is 0.422. The monoisotopic (exact) mass is 281 g/mol. The fourth-order valence-corrected chi connectivity index (χ4v) is 1.94. The summed E-state index contributed by atoms with van der Waals surface area (Å²) in [5.74, 6) is 0.782. The largest absolute Gasteiger partial charge is 0.496 e. The summed E-state index contributed by atoms with van der Waals surface area (Å²) in [5, 5.41) is 0. The molecule has 4 nitrogen and oxygen atoms in total. The molecule has 3 N–H and O–H groups in total. The third-order valence-electron chi connectivity index (χ3n) is 2.34. The Morgan fingerprint density at radius 2 is 2.31 bits per heavy atom. The molecule has 2 aromatic rings. The van der Waals surface area contributed by atoms with E-state index < -0.39 is 0 Å². The Bertz CT molecular complexity index is 496. The fraction of sp³-hybridized carbons (Fsp3) is 0.182. The van der Waals surface area contributed by atoms with Gasteiger partial charge in [0.15, 0.2) is 0 Å². The van der Waals surface area contributed by atoms with E-state index in [1.165, 1.54) is 0 Å². The van der Waals surface area contributed by atoms with Crippen LogP contribution in [-0.4, -0.2) is 17.1 Å². The van der Waals surface area contributed by atoms with Crippen LogP contribution < -0.4 is 10.5 Å². The van der Waals surface area contributed by atoms with Crippen LogP contribution in [0.3, 0.4) is 0 Å². The molecule has 0 saturated heterocycles. The molecule has 0 unspecified atom stereocenters. The maximum absolute atomic E-state index is 5.64. The van der Waals surface area contributed by atoms with Gasteiger partial charge in [-0.1, -0.05) is 15.9 Å². The Labute approximate surface area is 102 Å². The highest BCUT2D eigenvalue weighted by atomic mass is 79.9. The van der Waals surface area contributed by atoms with Crippen LogP contribution in [0.1, 0.15) is 5.69 Å². The Hall–Kier alpha value is -1.33. The van der Waals surface area contributed by atoms with E-state index in [0.717, 1.165) is 27.2 Å². The van der Waals surface area contributed by atoms with Crippen LogP contribution in [0.4, 0.5) is 0 Å². The maximum Gasteiger partial charge on any atom is 0.128 e. The van der Waals surface area contributed by atoms with Gasteiger partial charge < -0.3 is 15.5 Å². The Morgan fingerprint density at radius 1 is 1.50 bits per heavy atom. The third-order valence-corrected chi connectivity index (χ3v) is 2.83. The summed E-state index contributed by atoms with van der Waals surface area (Å²) < 4.78 is 6.29. The molecule has 0 aliphatic rings. The van der Waals surface area contributed by atoms with Gasteiger partial charge in [0, 0.05) is 16.6 Å². The minimum Gasteiger partial charge on any atom is -0.496 e. The van der Waals surface area contributed by atoms with Crippen molar-refractivity contribution in [1.82, 2.24) is 9.97 Å². The summed E-state index contributed by atoms with van der Waals surface area (Å²) in [6.07, 6.45) is 1.64. The molecule has 0 spiro atoms. The first-order valence-corrected chi connectivity index (χ1v) is 5.61. The van der Waals surface area contributed by atoms with Gasteiger partial charge in [-0.15, -0.1) is 0 Å². The Morgan fingerprint density at radius 3 is 3.00 bits per heavy atom. The molecule has 0 saturated carbocycles. The first-order chi connectivity index (χ1) is 7.76. The number of hydrogen-bond acceptors (Lipinski definition) is 3. The van der Waals surface area contributed by atoms with Crippen LogP contribution in [-0.2, 0) is 6.54 Å². The number of methoxy groups -OCH3 is 1.